The fourth-order valence-electron chi connectivity index (χ4n) is 4.54. The molecule has 1 fully saturated rings. The molecule has 2 rings (SSSR count). The third-order valence-corrected chi connectivity index (χ3v) is 6.27. The predicted molar refractivity (Wildman–Crippen MR) is 122 cm³/mol. The Kier molecular flexibility index (Phi) is 10.6. The molecule has 0 saturated heterocycles. The molecule has 3 unspecified atom stereocenters. The summed E-state index contributed by atoms with van der Waals surface area (Å²) < 4.78 is 11.0. The van der Waals surface area contributed by atoms with Crippen LogP contribution in [0.4, 0.5) is 0 Å². The molecule has 2 aliphatic rings. The lowest BCUT2D eigenvalue weighted by atomic mass is 9.85. The molecule has 0 aromatic rings. The smallest absolute Gasteiger partial charge is 0.304 e. The molecule has 8 nitrogen and oxygen atoms in total. The lowest BCUT2D eigenvalue weighted by Gasteiger charge is -2.24. The first-order valence-electron chi connectivity index (χ1n) is 11.9. The van der Waals surface area contributed by atoms with Gasteiger partial charge in [-0.25, -0.2) is 0 Å². The molecular weight excluding hydrogens is 426 g/mol. The lowest BCUT2D eigenvalue weighted by Crippen LogP contribution is -2.45. The van der Waals surface area contributed by atoms with Crippen LogP contribution in [0.3, 0.4) is 0 Å². The summed E-state index contributed by atoms with van der Waals surface area (Å²) in [5.41, 5.74) is 0. The predicted octanol–water partition coefficient (Wildman–Crippen LogP) is 3.55. The number of carbonyl (C=O) groups is 4. The second-order valence-corrected chi connectivity index (χ2v) is 9.35. The van der Waals surface area contributed by atoms with Crippen molar-refractivity contribution >= 4 is 23.9 Å². The Morgan fingerprint density at radius 2 is 1.97 bits per heavy atom. The van der Waals surface area contributed by atoms with E-state index in [-0.39, 0.29) is 36.1 Å². The molecule has 1 amide bonds. The van der Waals surface area contributed by atoms with Crippen LogP contribution in [0.15, 0.2) is 24.2 Å². The van der Waals surface area contributed by atoms with Crippen LogP contribution < -0.4 is 5.32 Å². The number of carboxylic acid groups (broad SMARTS) is 1. The second-order valence-electron chi connectivity index (χ2n) is 9.35. The Bertz CT molecular complexity index is 758. The standard InChI is InChI=1S/C25H37NO7/c1-16(2)32-24-12-6-11-22(33-24)25(31)26-17(3)21(28)14-20-10-5-9-19(20)8-4-7-18(15-27)13-23(29)30/h6,11-12,15-20,22H,4-5,7-10,13-14H2,1-3H3,(H,26,31)(H,29,30)/t17-,18?,19+,20?,22?/m0/s1. The molecule has 1 aliphatic carbocycles. The first-order valence-corrected chi connectivity index (χ1v) is 11.9. The number of carbonyl (C=O) groups excluding carboxylic acids is 3. The van der Waals surface area contributed by atoms with E-state index in [1.165, 1.54) is 0 Å². The number of Topliss-reactive ketones (excluding diaryl/α,β-unsaturated/α-hetero) is 1. The summed E-state index contributed by atoms with van der Waals surface area (Å²) >= 11 is 0. The summed E-state index contributed by atoms with van der Waals surface area (Å²) in [6.07, 6.45) is 10.3. The number of aliphatic carboxylic acids is 1. The lowest BCUT2D eigenvalue weighted by molar-refractivity contribution is -0.139. The molecule has 0 radical (unpaired) electrons. The number of ketones is 1. The number of ether oxygens (including phenoxy) is 2. The average Bonchev–Trinajstić information content (AvgIpc) is 3.19. The van der Waals surface area contributed by atoms with Gasteiger partial charge < -0.3 is 24.7 Å². The van der Waals surface area contributed by atoms with Gasteiger partial charge >= 0.3 is 5.97 Å². The number of allylic oxidation sites excluding steroid dienone is 2. The zero-order valence-corrected chi connectivity index (χ0v) is 19.8. The molecule has 8 heteroatoms. The summed E-state index contributed by atoms with van der Waals surface area (Å²) in [4.78, 5) is 47.2. The van der Waals surface area contributed by atoms with E-state index in [9.17, 15) is 19.2 Å². The van der Waals surface area contributed by atoms with Gasteiger partial charge in [-0.3, -0.25) is 14.4 Å². The van der Waals surface area contributed by atoms with Gasteiger partial charge in [0.25, 0.3) is 11.9 Å². The quantitative estimate of drug-likeness (QED) is 0.378. The molecule has 1 heterocycles. The second kappa shape index (κ2) is 13.2. The number of amides is 1. The first kappa shape index (κ1) is 26.6. The monoisotopic (exact) mass is 463 g/mol. The molecule has 0 aromatic heterocycles. The Morgan fingerprint density at radius 3 is 2.64 bits per heavy atom. The number of rotatable bonds is 14. The van der Waals surface area contributed by atoms with Crippen LogP contribution in [0, 0.1) is 17.8 Å². The Balaban J connectivity index is 1.78. The molecule has 184 valence electrons. The zero-order chi connectivity index (χ0) is 24.4. The molecule has 0 aromatic carbocycles. The average molecular weight is 464 g/mol. The SMILES string of the molecule is CC(C)OC1=CC=CC(C(=O)N[C@@H](C)C(=O)CC2CCC[C@H]2CCCC(C=O)CC(=O)O)O1. The van der Waals surface area contributed by atoms with Crippen LogP contribution in [-0.2, 0) is 28.7 Å². The van der Waals surface area contributed by atoms with Crippen molar-refractivity contribution in [1.29, 1.82) is 0 Å². The van der Waals surface area contributed by atoms with Crippen molar-refractivity contribution in [3.05, 3.63) is 24.2 Å². The maximum Gasteiger partial charge on any atom is 0.304 e. The zero-order valence-electron chi connectivity index (χ0n) is 19.8. The molecule has 1 saturated carbocycles. The van der Waals surface area contributed by atoms with Crippen molar-refractivity contribution in [2.45, 2.75) is 90.4 Å². The van der Waals surface area contributed by atoms with Gasteiger partial charge in [0.05, 0.1) is 18.6 Å². The van der Waals surface area contributed by atoms with Crippen molar-refractivity contribution in [2.24, 2.45) is 17.8 Å². The molecule has 2 N–H and O–H groups in total. The molecular formula is C25H37NO7. The van der Waals surface area contributed by atoms with E-state index < -0.39 is 24.0 Å². The molecule has 0 spiro atoms. The van der Waals surface area contributed by atoms with Crippen LogP contribution in [0.2, 0.25) is 0 Å². The van der Waals surface area contributed by atoms with E-state index in [2.05, 4.69) is 5.32 Å². The minimum absolute atomic E-state index is 0.00844. The van der Waals surface area contributed by atoms with Crippen molar-refractivity contribution in [3.8, 4) is 0 Å². The minimum atomic E-state index is -0.957. The van der Waals surface area contributed by atoms with E-state index in [1.807, 2.05) is 13.8 Å². The maximum atomic E-state index is 12.8. The Hall–Kier alpha value is -2.64. The van der Waals surface area contributed by atoms with Gasteiger partial charge in [0.1, 0.15) is 6.29 Å². The number of hydrogen-bond donors (Lipinski definition) is 2. The van der Waals surface area contributed by atoms with Gasteiger partial charge in [-0.1, -0.05) is 31.8 Å². The Morgan fingerprint density at radius 1 is 1.24 bits per heavy atom. The van der Waals surface area contributed by atoms with Gasteiger partial charge in [-0.15, -0.1) is 0 Å². The highest BCUT2D eigenvalue weighted by atomic mass is 16.7. The van der Waals surface area contributed by atoms with Gasteiger partial charge in [-0.2, -0.15) is 0 Å². The highest BCUT2D eigenvalue weighted by Crippen LogP contribution is 2.38. The van der Waals surface area contributed by atoms with Gasteiger partial charge in [0.15, 0.2) is 11.9 Å². The van der Waals surface area contributed by atoms with Crippen molar-refractivity contribution in [3.63, 3.8) is 0 Å². The fraction of sp³-hybridized carbons (Fsp3) is 0.680. The van der Waals surface area contributed by atoms with Crippen LogP contribution in [-0.4, -0.2) is 47.3 Å². The van der Waals surface area contributed by atoms with E-state index in [0.29, 0.717) is 18.8 Å². The number of hydrogen-bond acceptors (Lipinski definition) is 6. The third-order valence-electron chi connectivity index (χ3n) is 6.27. The van der Waals surface area contributed by atoms with Gasteiger partial charge in [-0.05, 0) is 51.5 Å². The Labute approximate surface area is 195 Å². The third kappa shape index (κ3) is 9.02. The molecule has 5 atom stereocenters. The van der Waals surface area contributed by atoms with E-state index >= 15 is 0 Å². The van der Waals surface area contributed by atoms with Crippen molar-refractivity contribution in [1.82, 2.24) is 5.32 Å². The van der Waals surface area contributed by atoms with Crippen LogP contribution >= 0.6 is 0 Å². The highest BCUT2D eigenvalue weighted by molar-refractivity contribution is 5.91. The first-order chi connectivity index (χ1) is 15.7. The summed E-state index contributed by atoms with van der Waals surface area (Å²) in [6.45, 7) is 5.43. The minimum Gasteiger partial charge on any atom is -0.481 e. The van der Waals surface area contributed by atoms with E-state index in [4.69, 9.17) is 14.6 Å². The summed E-state index contributed by atoms with van der Waals surface area (Å²) in [5, 5.41) is 11.6. The highest BCUT2D eigenvalue weighted by Gasteiger charge is 2.31. The van der Waals surface area contributed by atoms with Crippen molar-refractivity contribution in [2.75, 3.05) is 0 Å². The number of nitrogens with one attached hydrogen (secondary N) is 1. The molecule has 0 bridgehead atoms. The van der Waals surface area contributed by atoms with Gasteiger partial charge in [0, 0.05) is 18.4 Å². The largest absolute Gasteiger partial charge is 0.481 e. The summed E-state index contributed by atoms with van der Waals surface area (Å²) in [5.74, 6) is -0.874. The van der Waals surface area contributed by atoms with Crippen molar-refractivity contribution < 1.29 is 33.8 Å². The van der Waals surface area contributed by atoms with Crippen LogP contribution in [0.1, 0.15) is 72.1 Å². The summed E-state index contributed by atoms with van der Waals surface area (Å²) in [7, 11) is 0. The topological polar surface area (TPSA) is 119 Å². The fourth-order valence-corrected chi connectivity index (χ4v) is 4.54. The van der Waals surface area contributed by atoms with E-state index in [1.54, 1.807) is 25.2 Å². The number of aldehydes is 1. The molecule has 33 heavy (non-hydrogen) atoms. The van der Waals surface area contributed by atoms with Crippen LogP contribution in [0.25, 0.3) is 0 Å². The normalized spacial score (nSPS) is 23.9. The van der Waals surface area contributed by atoms with E-state index in [0.717, 1.165) is 38.4 Å². The van der Waals surface area contributed by atoms with Crippen LogP contribution in [0.5, 0.6) is 0 Å². The molecule has 1 aliphatic heterocycles. The summed E-state index contributed by atoms with van der Waals surface area (Å²) in [6, 6.07) is -0.619. The van der Waals surface area contributed by atoms with Gasteiger partial charge in [0.2, 0.25) is 0 Å². The number of carboxylic acids is 1. The maximum absolute atomic E-state index is 12.8.